The lowest BCUT2D eigenvalue weighted by molar-refractivity contribution is -0.140. The maximum Gasteiger partial charge on any atom is 0.347 e. The molecule has 1 unspecified atom stereocenters. The molecule has 0 spiro atoms. The van der Waals surface area contributed by atoms with Crippen LogP contribution in [0.4, 0.5) is 0 Å². The molecule has 12 nitrogen and oxygen atoms in total. The third kappa shape index (κ3) is 6.72. The van der Waals surface area contributed by atoms with E-state index in [2.05, 4.69) is 5.32 Å². The second-order valence-electron chi connectivity index (χ2n) is 9.92. The number of nitrogens with one attached hydrogen (secondary N) is 1. The van der Waals surface area contributed by atoms with Gasteiger partial charge in [-0.25, -0.2) is 14.4 Å². The fraction of sp³-hybridized carbons (Fsp3) is 0.267. The molecule has 42 heavy (non-hydrogen) atoms. The first-order valence-corrected chi connectivity index (χ1v) is 12.7. The summed E-state index contributed by atoms with van der Waals surface area (Å²) in [5, 5.41) is 43.0. The predicted molar refractivity (Wildman–Crippen MR) is 149 cm³/mol. The number of phenolic OH excluding ortho intramolecular Hbond substituents is 3. The number of aliphatic carboxylic acids is 1. The van der Waals surface area contributed by atoms with E-state index in [-0.39, 0.29) is 45.1 Å². The molecule has 3 aromatic rings. The molecule has 1 amide bonds. The molecule has 12 heteroatoms. The number of aromatic hydroxyl groups is 3. The summed E-state index contributed by atoms with van der Waals surface area (Å²) >= 11 is 0. The molecule has 5 N–H and O–H groups in total. The van der Waals surface area contributed by atoms with Gasteiger partial charge in [-0.05, 0) is 61.6 Å². The van der Waals surface area contributed by atoms with Crippen molar-refractivity contribution in [3.63, 3.8) is 0 Å². The molecular weight excluding hydrogens is 550 g/mol. The van der Waals surface area contributed by atoms with Gasteiger partial charge in [0.25, 0.3) is 5.91 Å². The summed E-state index contributed by atoms with van der Waals surface area (Å²) in [6, 6.07) is 6.25. The average Bonchev–Trinajstić information content (AvgIpc) is 2.85. The highest BCUT2D eigenvalue weighted by atomic mass is 16.5. The summed E-state index contributed by atoms with van der Waals surface area (Å²) in [6.45, 7) is 7.75. The fourth-order valence-corrected chi connectivity index (χ4v) is 4.31. The third-order valence-corrected chi connectivity index (χ3v) is 6.38. The number of carboxylic acid groups (broad SMARTS) is 1. The summed E-state index contributed by atoms with van der Waals surface area (Å²) in [6.07, 6.45) is 0. The van der Waals surface area contributed by atoms with Crippen molar-refractivity contribution in [3.05, 3.63) is 69.8 Å². The van der Waals surface area contributed by atoms with Crippen LogP contribution in [-0.4, -0.2) is 57.4 Å². The molecule has 0 bridgehead atoms. The van der Waals surface area contributed by atoms with Gasteiger partial charge < -0.3 is 40.0 Å². The number of benzene rings is 3. The highest BCUT2D eigenvalue weighted by Gasteiger charge is 2.27. The maximum absolute atomic E-state index is 12.9. The minimum Gasteiger partial charge on any atom is -0.507 e. The normalized spacial score (nSPS) is 11.5. The molecule has 0 aliphatic carbocycles. The number of hydrogen-bond donors (Lipinski definition) is 5. The summed E-state index contributed by atoms with van der Waals surface area (Å²) in [4.78, 5) is 49.8. The van der Waals surface area contributed by atoms with E-state index in [4.69, 9.17) is 14.2 Å². The van der Waals surface area contributed by atoms with E-state index < -0.39 is 47.3 Å². The first-order valence-electron chi connectivity index (χ1n) is 12.7. The number of carbonyl (C=O) groups excluding carboxylic acids is 3. The molecule has 0 aliphatic rings. The summed E-state index contributed by atoms with van der Waals surface area (Å²) < 4.78 is 15.7. The second-order valence-corrected chi connectivity index (χ2v) is 9.92. The van der Waals surface area contributed by atoms with E-state index in [1.165, 1.54) is 45.2 Å². The molecule has 0 heterocycles. The SMILES string of the molecule is COc1cc(C)c(C(=O)Oc2cc(C)c(C(=O)Oc3cc(C)c(C(=O)NC(C(=O)O)C(C)C)c(O)c3)c(O)c2)c(O)c1. The third-order valence-electron chi connectivity index (χ3n) is 6.38. The molecule has 0 fully saturated rings. The maximum atomic E-state index is 12.9. The van der Waals surface area contributed by atoms with Crippen LogP contribution >= 0.6 is 0 Å². The standard InChI is InChI=1S/C30H31NO11/c1-13(2)26(28(36)37)31-27(35)23-14(3)8-18(11-20(23)32)41-30(39)25-16(5)9-19(12-22(25)34)42-29(38)24-15(4)7-17(40-6)10-21(24)33/h7-13,26,32-34H,1-6H3,(H,31,35)(H,36,37). The van der Waals surface area contributed by atoms with Crippen LogP contribution < -0.4 is 19.5 Å². The number of amides is 1. The lowest BCUT2D eigenvalue weighted by atomic mass is 10.0. The Bertz CT molecular complexity index is 1510. The second kappa shape index (κ2) is 12.5. The lowest BCUT2D eigenvalue weighted by Gasteiger charge is -2.19. The highest BCUT2D eigenvalue weighted by molar-refractivity contribution is 6.01. The summed E-state index contributed by atoms with van der Waals surface area (Å²) in [5.74, 6) is -5.76. The molecule has 0 saturated heterocycles. The van der Waals surface area contributed by atoms with Crippen LogP contribution in [0, 0.1) is 26.7 Å². The lowest BCUT2D eigenvalue weighted by Crippen LogP contribution is -2.44. The van der Waals surface area contributed by atoms with Crippen molar-refractivity contribution < 1.29 is 53.8 Å². The number of esters is 2. The highest BCUT2D eigenvalue weighted by Crippen LogP contribution is 2.33. The van der Waals surface area contributed by atoms with Gasteiger partial charge in [-0.2, -0.15) is 0 Å². The summed E-state index contributed by atoms with van der Waals surface area (Å²) in [7, 11) is 1.41. The minimum absolute atomic E-state index is 0.105. The Morgan fingerprint density at radius 3 is 1.40 bits per heavy atom. The van der Waals surface area contributed by atoms with Gasteiger partial charge in [0.2, 0.25) is 0 Å². The topological polar surface area (TPSA) is 189 Å². The van der Waals surface area contributed by atoms with Gasteiger partial charge in [0, 0.05) is 18.2 Å². The molecule has 3 aromatic carbocycles. The molecule has 0 aliphatic heterocycles. The van der Waals surface area contributed by atoms with Gasteiger partial charge in [-0.1, -0.05) is 13.8 Å². The van der Waals surface area contributed by atoms with E-state index in [9.17, 15) is 39.6 Å². The van der Waals surface area contributed by atoms with Gasteiger partial charge in [-0.15, -0.1) is 0 Å². The number of phenols is 3. The van der Waals surface area contributed by atoms with Gasteiger partial charge >= 0.3 is 17.9 Å². The number of carbonyl (C=O) groups is 4. The smallest absolute Gasteiger partial charge is 0.347 e. The van der Waals surface area contributed by atoms with Gasteiger partial charge in [0.05, 0.1) is 12.7 Å². The molecule has 0 aromatic heterocycles. The quantitative estimate of drug-likeness (QED) is 0.181. The molecule has 1 atom stereocenters. The number of carboxylic acids is 1. The van der Waals surface area contributed by atoms with Crippen LogP contribution in [0.3, 0.4) is 0 Å². The number of hydrogen-bond acceptors (Lipinski definition) is 10. The number of aryl methyl sites for hydroxylation is 3. The van der Waals surface area contributed by atoms with Crippen LogP contribution in [0.5, 0.6) is 34.5 Å². The molecular formula is C30H31NO11. The van der Waals surface area contributed by atoms with Crippen LogP contribution in [0.1, 0.15) is 61.6 Å². The monoisotopic (exact) mass is 581 g/mol. The zero-order valence-corrected chi connectivity index (χ0v) is 23.8. The Hall–Kier alpha value is -5.26. The largest absolute Gasteiger partial charge is 0.507 e. The Morgan fingerprint density at radius 2 is 1.05 bits per heavy atom. The van der Waals surface area contributed by atoms with Gasteiger partial charge in [-0.3, -0.25) is 4.79 Å². The van der Waals surface area contributed by atoms with E-state index >= 15 is 0 Å². The van der Waals surface area contributed by atoms with E-state index in [0.717, 1.165) is 12.1 Å². The van der Waals surface area contributed by atoms with E-state index in [0.29, 0.717) is 11.3 Å². The molecule has 0 saturated carbocycles. The predicted octanol–water partition coefficient (Wildman–Crippen LogP) is 4.01. The zero-order chi connectivity index (χ0) is 31.5. The zero-order valence-electron chi connectivity index (χ0n) is 23.8. The Morgan fingerprint density at radius 1 is 0.667 bits per heavy atom. The van der Waals surface area contributed by atoms with Crippen molar-refractivity contribution in [2.75, 3.05) is 7.11 Å². The average molecular weight is 582 g/mol. The van der Waals surface area contributed by atoms with Crippen LogP contribution in [0.2, 0.25) is 0 Å². The van der Waals surface area contributed by atoms with Crippen molar-refractivity contribution in [1.29, 1.82) is 0 Å². The fourth-order valence-electron chi connectivity index (χ4n) is 4.31. The Kier molecular flexibility index (Phi) is 9.31. The molecule has 0 radical (unpaired) electrons. The van der Waals surface area contributed by atoms with Crippen LogP contribution in [-0.2, 0) is 4.79 Å². The Labute approximate surface area is 241 Å². The van der Waals surface area contributed by atoms with Crippen molar-refractivity contribution in [2.45, 2.75) is 40.7 Å². The van der Waals surface area contributed by atoms with Crippen LogP contribution in [0.15, 0.2) is 36.4 Å². The van der Waals surface area contributed by atoms with Crippen molar-refractivity contribution in [2.24, 2.45) is 5.92 Å². The van der Waals surface area contributed by atoms with Crippen molar-refractivity contribution >= 4 is 23.8 Å². The van der Waals surface area contributed by atoms with Crippen LogP contribution in [0.25, 0.3) is 0 Å². The number of rotatable bonds is 9. The van der Waals surface area contributed by atoms with Crippen molar-refractivity contribution in [3.8, 4) is 34.5 Å². The van der Waals surface area contributed by atoms with Crippen molar-refractivity contribution in [1.82, 2.24) is 5.32 Å². The van der Waals surface area contributed by atoms with Gasteiger partial charge in [0.15, 0.2) is 0 Å². The molecule has 3 rings (SSSR count). The first kappa shape index (κ1) is 31.3. The van der Waals surface area contributed by atoms with Gasteiger partial charge in [0.1, 0.15) is 51.7 Å². The molecule has 222 valence electrons. The summed E-state index contributed by atoms with van der Waals surface area (Å²) in [5.41, 5.74) is 0.226. The minimum atomic E-state index is -1.23. The first-order chi connectivity index (χ1) is 19.6. The van der Waals surface area contributed by atoms with E-state index in [1.807, 2.05) is 0 Å². The number of methoxy groups -OCH3 is 1. The van der Waals surface area contributed by atoms with E-state index in [1.54, 1.807) is 20.8 Å². The Balaban J connectivity index is 1.81. The number of ether oxygens (including phenoxy) is 3.